The van der Waals surface area contributed by atoms with Crippen LogP contribution < -0.4 is 15.4 Å². The van der Waals surface area contributed by atoms with Crippen molar-refractivity contribution in [1.82, 2.24) is 5.32 Å². The number of para-hydroxylation sites is 1. The van der Waals surface area contributed by atoms with Gasteiger partial charge in [0.2, 0.25) is 0 Å². The highest BCUT2D eigenvalue weighted by Crippen LogP contribution is 2.29. The van der Waals surface area contributed by atoms with Gasteiger partial charge in [-0.15, -0.1) is 0 Å². The normalized spacial score (nSPS) is 11.8. The minimum atomic E-state index is -0.124. The first-order chi connectivity index (χ1) is 13.2. The fourth-order valence-corrected chi connectivity index (χ4v) is 3.05. The van der Waals surface area contributed by atoms with E-state index in [4.69, 9.17) is 16.3 Å². The number of aromatic hydroxyl groups is 1. The second kappa shape index (κ2) is 9.31. The summed E-state index contributed by atoms with van der Waals surface area (Å²) in [5.74, 6) is 1.11. The fraction of sp³-hybridized carbons (Fsp3) is 0.182. The molecule has 1 atom stereocenters. The van der Waals surface area contributed by atoms with Gasteiger partial charge >= 0.3 is 0 Å². The molecule has 0 spiro atoms. The summed E-state index contributed by atoms with van der Waals surface area (Å²) < 4.78 is 5.17. The first kappa shape index (κ1) is 19.1. The Bertz CT molecular complexity index is 851. The molecule has 0 aliphatic heterocycles. The third-order valence-corrected chi connectivity index (χ3v) is 4.60. The first-order valence-electron chi connectivity index (χ1n) is 8.82. The van der Waals surface area contributed by atoms with Gasteiger partial charge in [0, 0.05) is 29.4 Å². The Balaban J connectivity index is 1.66. The second-order valence-electron chi connectivity index (χ2n) is 6.15. The molecular formula is C22H23ClN2O2. The van der Waals surface area contributed by atoms with Crippen molar-refractivity contribution in [2.75, 3.05) is 25.5 Å². The summed E-state index contributed by atoms with van der Waals surface area (Å²) in [7, 11) is 1.66. The predicted octanol–water partition coefficient (Wildman–Crippen LogP) is 4.85. The SMILES string of the molecule is COc1ccc(NCCNC(c2ccc(Cl)cc2)c2ccccc2O)cc1. The van der Waals surface area contributed by atoms with Crippen LogP contribution in [0.25, 0.3) is 0 Å². The van der Waals surface area contributed by atoms with Gasteiger partial charge in [-0.25, -0.2) is 0 Å². The Labute approximate surface area is 164 Å². The second-order valence-corrected chi connectivity index (χ2v) is 6.59. The maximum atomic E-state index is 10.3. The quantitative estimate of drug-likeness (QED) is 0.488. The monoisotopic (exact) mass is 382 g/mol. The van der Waals surface area contributed by atoms with Gasteiger partial charge in [-0.05, 0) is 48.0 Å². The van der Waals surface area contributed by atoms with Crippen LogP contribution in [0.5, 0.6) is 11.5 Å². The zero-order valence-electron chi connectivity index (χ0n) is 15.2. The van der Waals surface area contributed by atoms with E-state index in [2.05, 4.69) is 10.6 Å². The third-order valence-electron chi connectivity index (χ3n) is 4.34. The molecule has 0 fully saturated rings. The van der Waals surface area contributed by atoms with Crippen LogP contribution >= 0.6 is 11.6 Å². The molecule has 140 valence electrons. The lowest BCUT2D eigenvalue weighted by Crippen LogP contribution is -2.27. The van der Waals surface area contributed by atoms with Gasteiger partial charge in [0.05, 0.1) is 13.2 Å². The fourth-order valence-electron chi connectivity index (χ4n) is 2.93. The van der Waals surface area contributed by atoms with Crippen LogP contribution in [-0.4, -0.2) is 25.3 Å². The van der Waals surface area contributed by atoms with Gasteiger partial charge in [0.15, 0.2) is 0 Å². The lowest BCUT2D eigenvalue weighted by atomic mass is 9.98. The zero-order chi connectivity index (χ0) is 19.1. The van der Waals surface area contributed by atoms with E-state index >= 15 is 0 Å². The van der Waals surface area contributed by atoms with Crippen molar-refractivity contribution >= 4 is 17.3 Å². The summed E-state index contributed by atoms with van der Waals surface area (Å²) in [5, 5.41) is 17.9. The number of nitrogens with one attached hydrogen (secondary N) is 2. The van der Waals surface area contributed by atoms with E-state index in [9.17, 15) is 5.11 Å². The molecule has 0 radical (unpaired) electrons. The van der Waals surface area contributed by atoms with Crippen LogP contribution in [0.15, 0.2) is 72.8 Å². The molecule has 5 heteroatoms. The Morgan fingerprint density at radius 2 is 1.63 bits per heavy atom. The summed E-state index contributed by atoms with van der Waals surface area (Å²) in [6.07, 6.45) is 0. The molecule has 0 aliphatic carbocycles. The van der Waals surface area contributed by atoms with Crippen LogP contribution in [0.1, 0.15) is 17.2 Å². The number of anilines is 1. The van der Waals surface area contributed by atoms with Crippen LogP contribution in [-0.2, 0) is 0 Å². The lowest BCUT2D eigenvalue weighted by molar-refractivity contribution is 0.415. The maximum absolute atomic E-state index is 10.3. The average molecular weight is 383 g/mol. The van der Waals surface area contributed by atoms with Crippen molar-refractivity contribution in [1.29, 1.82) is 0 Å². The zero-order valence-corrected chi connectivity index (χ0v) is 15.9. The van der Waals surface area contributed by atoms with E-state index < -0.39 is 0 Å². The smallest absolute Gasteiger partial charge is 0.120 e. The van der Waals surface area contributed by atoms with Gasteiger partial charge in [0.1, 0.15) is 11.5 Å². The summed E-state index contributed by atoms with van der Waals surface area (Å²) in [6, 6.07) is 22.8. The van der Waals surface area contributed by atoms with Crippen LogP contribution in [0.4, 0.5) is 5.69 Å². The van der Waals surface area contributed by atoms with Crippen molar-refractivity contribution < 1.29 is 9.84 Å². The molecule has 4 nitrogen and oxygen atoms in total. The minimum absolute atomic E-state index is 0.124. The van der Waals surface area contributed by atoms with E-state index in [1.165, 1.54) is 0 Å². The van der Waals surface area contributed by atoms with E-state index in [0.717, 1.165) is 29.1 Å². The molecule has 1 unspecified atom stereocenters. The predicted molar refractivity (Wildman–Crippen MR) is 111 cm³/mol. The molecule has 3 aromatic rings. The van der Waals surface area contributed by atoms with Crippen LogP contribution in [0.2, 0.25) is 5.02 Å². The molecule has 0 saturated carbocycles. The third kappa shape index (κ3) is 5.16. The first-order valence-corrected chi connectivity index (χ1v) is 9.20. The number of ether oxygens (including phenoxy) is 1. The molecule has 0 aliphatic rings. The van der Waals surface area contributed by atoms with Gasteiger partial charge < -0.3 is 20.5 Å². The topological polar surface area (TPSA) is 53.5 Å². The van der Waals surface area contributed by atoms with E-state index in [0.29, 0.717) is 11.6 Å². The number of hydrogen-bond donors (Lipinski definition) is 3. The van der Waals surface area contributed by atoms with Gasteiger partial charge in [-0.3, -0.25) is 0 Å². The molecule has 3 N–H and O–H groups in total. The number of phenolic OH excluding ortho intramolecular Hbond substituents is 1. The van der Waals surface area contributed by atoms with Crippen molar-refractivity contribution in [3.63, 3.8) is 0 Å². The van der Waals surface area contributed by atoms with Gasteiger partial charge in [-0.2, -0.15) is 0 Å². The van der Waals surface area contributed by atoms with Crippen LogP contribution in [0.3, 0.4) is 0 Å². The van der Waals surface area contributed by atoms with E-state index in [1.54, 1.807) is 13.2 Å². The number of phenols is 1. The number of benzene rings is 3. The van der Waals surface area contributed by atoms with Crippen molar-refractivity contribution in [3.8, 4) is 11.5 Å². The number of rotatable bonds is 8. The van der Waals surface area contributed by atoms with Crippen LogP contribution in [0, 0.1) is 0 Å². The highest BCUT2D eigenvalue weighted by molar-refractivity contribution is 6.30. The summed E-state index contributed by atoms with van der Waals surface area (Å²) in [4.78, 5) is 0. The van der Waals surface area contributed by atoms with Gasteiger partial charge in [0.25, 0.3) is 0 Å². The number of methoxy groups -OCH3 is 1. The minimum Gasteiger partial charge on any atom is -0.508 e. The molecule has 3 rings (SSSR count). The van der Waals surface area contributed by atoms with Crippen molar-refractivity contribution in [2.45, 2.75) is 6.04 Å². The molecule has 0 bridgehead atoms. The van der Waals surface area contributed by atoms with Crippen molar-refractivity contribution in [3.05, 3.63) is 88.9 Å². The number of hydrogen-bond acceptors (Lipinski definition) is 4. The average Bonchev–Trinajstić information content (AvgIpc) is 2.70. The molecule has 0 amide bonds. The summed E-state index contributed by atoms with van der Waals surface area (Å²) in [6.45, 7) is 1.46. The molecular weight excluding hydrogens is 360 g/mol. The Hall–Kier alpha value is -2.69. The van der Waals surface area contributed by atoms with Crippen molar-refractivity contribution in [2.24, 2.45) is 0 Å². The standard InChI is InChI=1S/C22H23ClN2O2/c1-27-19-12-10-18(11-13-19)24-14-15-25-22(16-6-8-17(23)9-7-16)20-4-2-3-5-21(20)26/h2-13,22,24-26H,14-15H2,1H3. The Morgan fingerprint density at radius 1 is 0.926 bits per heavy atom. The summed E-state index contributed by atoms with van der Waals surface area (Å²) in [5.41, 5.74) is 2.91. The largest absolute Gasteiger partial charge is 0.508 e. The van der Waals surface area contributed by atoms with Gasteiger partial charge in [-0.1, -0.05) is 41.9 Å². The highest BCUT2D eigenvalue weighted by atomic mass is 35.5. The van der Waals surface area contributed by atoms with E-state index in [1.807, 2.05) is 66.7 Å². The molecule has 27 heavy (non-hydrogen) atoms. The lowest BCUT2D eigenvalue weighted by Gasteiger charge is -2.21. The number of halogens is 1. The maximum Gasteiger partial charge on any atom is 0.120 e. The highest BCUT2D eigenvalue weighted by Gasteiger charge is 2.16. The van der Waals surface area contributed by atoms with E-state index in [-0.39, 0.29) is 11.8 Å². The summed E-state index contributed by atoms with van der Waals surface area (Å²) >= 11 is 6.02. The molecule has 0 heterocycles. The Kier molecular flexibility index (Phi) is 6.58. The Morgan fingerprint density at radius 3 is 2.30 bits per heavy atom. The molecule has 0 saturated heterocycles. The molecule has 3 aromatic carbocycles. The molecule has 0 aromatic heterocycles.